The summed E-state index contributed by atoms with van der Waals surface area (Å²) in [4.78, 5) is 5.31. The Morgan fingerprint density at radius 1 is 1.27 bits per heavy atom. The molecule has 2 aromatic rings. The zero-order valence-corrected chi connectivity index (χ0v) is 9.42. The number of aromatic nitrogens is 1. The molecule has 2 rings (SSSR count). The standard InChI is InChI=1S/C13H12NS/c1-2-15-13-5-3-4-12(10-13)11-6-8-14-9-7-11/h3,5-10H,2H2,1H3. The van der Waals surface area contributed by atoms with Gasteiger partial charge in [0.15, 0.2) is 0 Å². The Kier molecular flexibility index (Phi) is 3.41. The van der Waals surface area contributed by atoms with E-state index in [9.17, 15) is 0 Å². The van der Waals surface area contributed by atoms with Gasteiger partial charge in [0, 0.05) is 17.3 Å². The van der Waals surface area contributed by atoms with E-state index in [1.807, 2.05) is 42.4 Å². The van der Waals surface area contributed by atoms with Crippen LogP contribution in [0.15, 0.2) is 47.6 Å². The summed E-state index contributed by atoms with van der Waals surface area (Å²) in [6.45, 7) is 2.16. The van der Waals surface area contributed by atoms with Crippen molar-refractivity contribution in [2.75, 3.05) is 5.75 Å². The smallest absolute Gasteiger partial charge is 0.0273 e. The average Bonchev–Trinajstić information content (AvgIpc) is 2.31. The fourth-order valence-corrected chi connectivity index (χ4v) is 2.10. The molecule has 0 bridgehead atoms. The lowest BCUT2D eigenvalue weighted by Crippen LogP contribution is -1.80. The third-order valence-electron chi connectivity index (χ3n) is 2.08. The van der Waals surface area contributed by atoms with Gasteiger partial charge in [0.25, 0.3) is 0 Å². The number of thioether (sulfide) groups is 1. The molecule has 1 radical (unpaired) electrons. The second-order valence-corrected chi connectivity index (χ2v) is 4.44. The summed E-state index contributed by atoms with van der Waals surface area (Å²) in [6.07, 6.45) is 3.62. The van der Waals surface area contributed by atoms with Gasteiger partial charge in [0.2, 0.25) is 0 Å². The molecule has 0 saturated carbocycles. The van der Waals surface area contributed by atoms with E-state index >= 15 is 0 Å². The highest BCUT2D eigenvalue weighted by molar-refractivity contribution is 7.99. The van der Waals surface area contributed by atoms with Crippen LogP contribution in [0.25, 0.3) is 11.1 Å². The Morgan fingerprint density at radius 2 is 2.07 bits per heavy atom. The highest BCUT2D eigenvalue weighted by atomic mass is 32.2. The van der Waals surface area contributed by atoms with Crippen LogP contribution in [0.2, 0.25) is 0 Å². The van der Waals surface area contributed by atoms with Crippen LogP contribution in [0.4, 0.5) is 0 Å². The van der Waals surface area contributed by atoms with Crippen LogP contribution in [0.5, 0.6) is 0 Å². The molecule has 0 unspecified atom stereocenters. The van der Waals surface area contributed by atoms with Crippen LogP contribution in [0.1, 0.15) is 6.92 Å². The van der Waals surface area contributed by atoms with Gasteiger partial charge in [-0.1, -0.05) is 13.0 Å². The molecular weight excluding hydrogens is 202 g/mol. The lowest BCUT2D eigenvalue weighted by molar-refractivity contribution is 1.32. The fourth-order valence-electron chi connectivity index (χ4n) is 1.40. The quantitative estimate of drug-likeness (QED) is 0.723. The zero-order valence-electron chi connectivity index (χ0n) is 8.60. The first kappa shape index (κ1) is 10.2. The lowest BCUT2D eigenvalue weighted by atomic mass is 10.1. The van der Waals surface area contributed by atoms with Crippen molar-refractivity contribution < 1.29 is 0 Å². The number of pyridine rings is 1. The second-order valence-electron chi connectivity index (χ2n) is 3.11. The minimum absolute atomic E-state index is 1.10. The summed E-state index contributed by atoms with van der Waals surface area (Å²) >= 11 is 1.85. The van der Waals surface area contributed by atoms with Gasteiger partial charge in [0.05, 0.1) is 0 Å². The normalized spacial score (nSPS) is 10.2. The molecule has 75 valence electrons. The first-order chi connectivity index (χ1) is 7.40. The topological polar surface area (TPSA) is 12.9 Å². The van der Waals surface area contributed by atoms with Gasteiger partial charge in [-0.3, -0.25) is 4.98 Å². The largest absolute Gasteiger partial charge is 0.265 e. The van der Waals surface area contributed by atoms with Gasteiger partial charge >= 0.3 is 0 Å². The van der Waals surface area contributed by atoms with E-state index in [1.165, 1.54) is 10.5 Å². The Balaban J connectivity index is 2.33. The van der Waals surface area contributed by atoms with E-state index < -0.39 is 0 Å². The van der Waals surface area contributed by atoms with E-state index in [2.05, 4.69) is 30.1 Å². The van der Waals surface area contributed by atoms with E-state index in [-0.39, 0.29) is 0 Å². The number of benzene rings is 1. The Bertz CT molecular complexity index is 426. The molecule has 15 heavy (non-hydrogen) atoms. The highest BCUT2D eigenvalue weighted by Gasteiger charge is 1.98. The summed E-state index contributed by atoms with van der Waals surface area (Å²) in [6, 6.07) is 13.5. The minimum Gasteiger partial charge on any atom is -0.265 e. The molecule has 0 aliphatic rings. The van der Waals surface area contributed by atoms with Crippen LogP contribution in [-0.2, 0) is 0 Å². The molecule has 0 fully saturated rings. The number of nitrogens with zero attached hydrogens (tertiary/aromatic N) is 1. The third-order valence-corrected chi connectivity index (χ3v) is 2.95. The van der Waals surface area contributed by atoms with Crippen molar-refractivity contribution in [2.24, 2.45) is 0 Å². The molecule has 0 N–H and O–H groups in total. The minimum atomic E-state index is 1.10. The summed E-state index contributed by atoms with van der Waals surface area (Å²) in [5, 5.41) is 0. The molecular formula is C13H12NS. The first-order valence-corrected chi connectivity index (χ1v) is 5.93. The molecule has 0 aliphatic carbocycles. The van der Waals surface area contributed by atoms with Crippen molar-refractivity contribution >= 4 is 11.8 Å². The molecule has 0 atom stereocenters. The van der Waals surface area contributed by atoms with Crippen molar-refractivity contribution in [3.05, 3.63) is 48.8 Å². The SMILES string of the molecule is CCSc1cc[c]c(-c2ccncc2)c1. The highest BCUT2D eigenvalue weighted by Crippen LogP contribution is 2.24. The van der Waals surface area contributed by atoms with Gasteiger partial charge in [-0.05, 0) is 47.2 Å². The fraction of sp³-hybridized carbons (Fsp3) is 0.154. The van der Waals surface area contributed by atoms with Crippen LogP contribution in [0, 0.1) is 6.07 Å². The molecule has 0 saturated heterocycles. The Labute approximate surface area is 94.6 Å². The number of hydrogen-bond acceptors (Lipinski definition) is 2. The van der Waals surface area contributed by atoms with Crippen LogP contribution in [0.3, 0.4) is 0 Å². The molecule has 0 aliphatic heterocycles. The lowest BCUT2D eigenvalue weighted by Gasteiger charge is -2.03. The van der Waals surface area contributed by atoms with E-state index in [1.54, 1.807) is 0 Å². The van der Waals surface area contributed by atoms with E-state index in [0.717, 1.165) is 11.3 Å². The van der Waals surface area contributed by atoms with Gasteiger partial charge in [-0.2, -0.15) is 0 Å². The molecule has 0 spiro atoms. The molecule has 0 amide bonds. The van der Waals surface area contributed by atoms with E-state index in [4.69, 9.17) is 0 Å². The van der Waals surface area contributed by atoms with Crippen molar-refractivity contribution in [1.82, 2.24) is 4.98 Å². The summed E-state index contributed by atoms with van der Waals surface area (Å²) in [5.41, 5.74) is 2.31. The summed E-state index contributed by atoms with van der Waals surface area (Å²) in [7, 11) is 0. The number of hydrogen-bond donors (Lipinski definition) is 0. The Hall–Kier alpha value is -1.28. The van der Waals surface area contributed by atoms with Crippen LogP contribution in [-0.4, -0.2) is 10.7 Å². The molecule has 1 heterocycles. The van der Waals surface area contributed by atoms with Crippen LogP contribution >= 0.6 is 11.8 Å². The molecule has 2 heteroatoms. The van der Waals surface area contributed by atoms with Crippen molar-refractivity contribution in [3.8, 4) is 11.1 Å². The van der Waals surface area contributed by atoms with Gasteiger partial charge in [-0.25, -0.2) is 0 Å². The average molecular weight is 214 g/mol. The maximum Gasteiger partial charge on any atom is 0.0273 e. The van der Waals surface area contributed by atoms with Gasteiger partial charge in [0.1, 0.15) is 0 Å². The van der Waals surface area contributed by atoms with Crippen LogP contribution < -0.4 is 0 Å². The predicted octanol–water partition coefficient (Wildman–Crippen LogP) is 3.66. The van der Waals surface area contributed by atoms with E-state index in [0.29, 0.717) is 0 Å². The maximum absolute atomic E-state index is 4.01. The predicted molar refractivity (Wildman–Crippen MR) is 64.9 cm³/mol. The summed E-state index contributed by atoms with van der Waals surface area (Å²) in [5.74, 6) is 1.10. The molecule has 1 nitrogen and oxygen atoms in total. The van der Waals surface area contributed by atoms with Gasteiger partial charge < -0.3 is 0 Å². The first-order valence-electron chi connectivity index (χ1n) is 4.95. The van der Waals surface area contributed by atoms with Gasteiger partial charge in [-0.15, -0.1) is 11.8 Å². The summed E-state index contributed by atoms with van der Waals surface area (Å²) < 4.78 is 0. The van der Waals surface area contributed by atoms with Crippen molar-refractivity contribution in [2.45, 2.75) is 11.8 Å². The molecule has 1 aromatic carbocycles. The zero-order chi connectivity index (χ0) is 10.5. The van der Waals surface area contributed by atoms with Crippen molar-refractivity contribution in [3.63, 3.8) is 0 Å². The second kappa shape index (κ2) is 4.99. The Morgan fingerprint density at radius 3 is 2.80 bits per heavy atom. The molecule has 1 aromatic heterocycles. The third kappa shape index (κ3) is 2.60. The number of rotatable bonds is 3. The van der Waals surface area contributed by atoms with Crippen molar-refractivity contribution in [1.29, 1.82) is 0 Å². The maximum atomic E-state index is 4.01. The monoisotopic (exact) mass is 214 g/mol.